The van der Waals surface area contributed by atoms with E-state index in [1.54, 1.807) is 4.90 Å². The van der Waals surface area contributed by atoms with Gasteiger partial charge in [-0.3, -0.25) is 14.7 Å². The first kappa shape index (κ1) is 25.3. The summed E-state index contributed by atoms with van der Waals surface area (Å²) in [7, 11) is 0. The fourth-order valence-corrected chi connectivity index (χ4v) is 5.08. The van der Waals surface area contributed by atoms with Crippen molar-refractivity contribution in [1.82, 2.24) is 24.4 Å². The minimum absolute atomic E-state index is 0.0463. The molecule has 0 aliphatic carbocycles. The van der Waals surface area contributed by atoms with E-state index in [4.69, 9.17) is 10.5 Å². The first-order valence-corrected chi connectivity index (χ1v) is 12.0. The van der Waals surface area contributed by atoms with E-state index in [1.165, 1.54) is 12.4 Å². The average Bonchev–Trinajstić information content (AvgIpc) is 3.28. The maximum absolute atomic E-state index is 14.9. The summed E-state index contributed by atoms with van der Waals surface area (Å²) in [6.07, 6.45) is -0.887. The highest BCUT2D eigenvalue weighted by Gasteiger charge is 2.34. The van der Waals surface area contributed by atoms with Crippen molar-refractivity contribution in [2.45, 2.75) is 31.4 Å². The molecular formula is C24H27F4N7O2. The molecular weight excluding hydrogens is 494 g/mol. The summed E-state index contributed by atoms with van der Waals surface area (Å²) in [4.78, 5) is 27.9. The van der Waals surface area contributed by atoms with Crippen molar-refractivity contribution in [3.05, 3.63) is 48.2 Å². The fraction of sp³-hybridized carbons (Fsp3) is 0.500. The molecule has 0 unspecified atom stereocenters. The number of anilines is 1. The Hall–Kier alpha value is -3.32. The summed E-state index contributed by atoms with van der Waals surface area (Å²) in [6.45, 7) is 2.35. The molecule has 0 aromatic carbocycles. The topological polar surface area (TPSA) is 102 Å². The Morgan fingerprint density at radius 3 is 2.70 bits per heavy atom. The minimum Gasteiger partial charge on any atom is -0.377 e. The number of amides is 1. The molecule has 9 nitrogen and oxygen atoms in total. The summed E-state index contributed by atoms with van der Waals surface area (Å²) in [5.74, 6) is -0.100. The van der Waals surface area contributed by atoms with Crippen LogP contribution in [-0.4, -0.2) is 75.9 Å². The predicted octanol–water partition coefficient (Wildman–Crippen LogP) is 2.57. The highest BCUT2D eigenvalue weighted by molar-refractivity contribution is 5.88. The van der Waals surface area contributed by atoms with Gasteiger partial charge in [-0.15, -0.1) is 0 Å². The van der Waals surface area contributed by atoms with Crippen LogP contribution in [0.1, 0.15) is 23.7 Å². The Kier molecular flexibility index (Phi) is 6.99. The molecule has 0 bridgehead atoms. The molecule has 0 radical (unpaired) electrons. The van der Waals surface area contributed by atoms with Gasteiger partial charge in [0.05, 0.1) is 42.4 Å². The lowest BCUT2D eigenvalue weighted by molar-refractivity contribution is -0.137. The molecule has 37 heavy (non-hydrogen) atoms. The number of pyridine rings is 1. The molecule has 3 aromatic heterocycles. The van der Waals surface area contributed by atoms with Gasteiger partial charge in [0.2, 0.25) is 5.91 Å². The van der Waals surface area contributed by atoms with Crippen molar-refractivity contribution in [1.29, 1.82) is 0 Å². The summed E-state index contributed by atoms with van der Waals surface area (Å²) in [6, 6.07) is 3.82. The van der Waals surface area contributed by atoms with Crippen LogP contribution in [0.15, 0.2) is 36.9 Å². The van der Waals surface area contributed by atoms with Crippen LogP contribution in [0.3, 0.4) is 0 Å². The summed E-state index contributed by atoms with van der Waals surface area (Å²) in [5.41, 5.74) is 5.51. The number of nitrogens with zero attached hydrogens (tertiary/aromatic N) is 6. The van der Waals surface area contributed by atoms with E-state index in [-0.39, 0.29) is 25.6 Å². The fourth-order valence-electron chi connectivity index (χ4n) is 5.08. The largest absolute Gasteiger partial charge is 0.417 e. The van der Waals surface area contributed by atoms with Crippen LogP contribution >= 0.6 is 0 Å². The summed E-state index contributed by atoms with van der Waals surface area (Å²) in [5, 5.41) is 0.753. The predicted molar refractivity (Wildman–Crippen MR) is 126 cm³/mol. The van der Waals surface area contributed by atoms with Gasteiger partial charge in [0.1, 0.15) is 24.0 Å². The van der Waals surface area contributed by atoms with Crippen molar-refractivity contribution in [3.63, 3.8) is 0 Å². The number of ether oxygens (including phenoxy) is 1. The molecule has 5 rings (SSSR count). The Labute approximate surface area is 210 Å². The van der Waals surface area contributed by atoms with Crippen LogP contribution in [0.4, 0.5) is 23.4 Å². The second kappa shape index (κ2) is 10.2. The van der Waals surface area contributed by atoms with Crippen LogP contribution in [0, 0.1) is 5.92 Å². The van der Waals surface area contributed by atoms with Gasteiger partial charge in [0, 0.05) is 37.9 Å². The SMILES string of the molecule is NC(=O)CN1CC[C@@H](Cn2ccc3c(N4CCOC[C@@H]4c4ccc(C(F)(F)F)cn4)ncnc32)[C@H](F)C1. The van der Waals surface area contributed by atoms with E-state index in [1.807, 2.05) is 21.7 Å². The maximum Gasteiger partial charge on any atom is 0.417 e. The van der Waals surface area contributed by atoms with Crippen molar-refractivity contribution >= 4 is 22.8 Å². The smallest absolute Gasteiger partial charge is 0.377 e. The van der Waals surface area contributed by atoms with Crippen molar-refractivity contribution in [3.8, 4) is 0 Å². The van der Waals surface area contributed by atoms with Gasteiger partial charge in [0.15, 0.2) is 0 Å². The zero-order chi connectivity index (χ0) is 26.2. The van der Waals surface area contributed by atoms with Gasteiger partial charge in [0.25, 0.3) is 0 Å². The molecule has 13 heteroatoms. The third-order valence-corrected chi connectivity index (χ3v) is 6.96. The molecule has 0 saturated carbocycles. The molecule has 3 atom stereocenters. The van der Waals surface area contributed by atoms with Crippen LogP contribution in [0.25, 0.3) is 11.0 Å². The first-order chi connectivity index (χ1) is 17.7. The highest BCUT2D eigenvalue weighted by Crippen LogP contribution is 2.34. The van der Waals surface area contributed by atoms with E-state index >= 15 is 0 Å². The van der Waals surface area contributed by atoms with Gasteiger partial charge in [-0.1, -0.05) is 0 Å². The number of carbonyl (C=O) groups is 1. The Morgan fingerprint density at radius 2 is 2.00 bits per heavy atom. The summed E-state index contributed by atoms with van der Waals surface area (Å²) >= 11 is 0. The lowest BCUT2D eigenvalue weighted by atomic mass is 9.94. The van der Waals surface area contributed by atoms with E-state index < -0.39 is 29.9 Å². The number of likely N-dealkylation sites (tertiary alicyclic amines) is 1. The molecule has 2 aliphatic heterocycles. The quantitative estimate of drug-likeness (QED) is 0.498. The number of primary amides is 1. The molecule has 1 amide bonds. The maximum atomic E-state index is 14.9. The zero-order valence-electron chi connectivity index (χ0n) is 19.9. The minimum atomic E-state index is -4.47. The normalized spacial score (nSPS) is 23.5. The number of alkyl halides is 4. The van der Waals surface area contributed by atoms with E-state index in [0.29, 0.717) is 49.8 Å². The number of aromatic nitrogens is 4. The lowest BCUT2D eigenvalue weighted by Crippen LogP contribution is -2.46. The number of piperidine rings is 1. The molecule has 198 valence electrons. The third kappa shape index (κ3) is 5.37. The van der Waals surface area contributed by atoms with E-state index in [2.05, 4.69) is 15.0 Å². The molecule has 2 fully saturated rings. The van der Waals surface area contributed by atoms with Crippen molar-refractivity contribution in [2.24, 2.45) is 11.7 Å². The monoisotopic (exact) mass is 521 g/mol. The van der Waals surface area contributed by atoms with E-state index in [9.17, 15) is 22.4 Å². The van der Waals surface area contributed by atoms with Gasteiger partial charge in [-0.2, -0.15) is 13.2 Å². The van der Waals surface area contributed by atoms with Gasteiger partial charge in [-0.05, 0) is 31.2 Å². The average molecular weight is 522 g/mol. The first-order valence-electron chi connectivity index (χ1n) is 12.0. The highest BCUT2D eigenvalue weighted by atomic mass is 19.4. The number of halogens is 4. The lowest BCUT2D eigenvalue weighted by Gasteiger charge is -2.36. The van der Waals surface area contributed by atoms with Gasteiger partial charge in [-0.25, -0.2) is 14.4 Å². The zero-order valence-corrected chi connectivity index (χ0v) is 19.9. The molecule has 0 spiro atoms. The summed E-state index contributed by atoms with van der Waals surface area (Å²) < 4.78 is 61.4. The second-order valence-corrected chi connectivity index (χ2v) is 9.42. The van der Waals surface area contributed by atoms with Crippen molar-refractivity contribution in [2.75, 3.05) is 44.3 Å². The Bertz CT molecular complexity index is 1250. The van der Waals surface area contributed by atoms with Gasteiger partial charge >= 0.3 is 6.18 Å². The van der Waals surface area contributed by atoms with Crippen LogP contribution in [0.5, 0.6) is 0 Å². The van der Waals surface area contributed by atoms with Crippen molar-refractivity contribution < 1.29 is 27.1 Å². The third-order valence-electron chi connectivity index (χ3n) is 6.96. The molecule has 3 aromatic rings. The number of nitrogens with two attached hydrogens (primary N) is 1. The van der Waals surface area contributed by atoms with Crippen LogP contribution in [-0.2, 0) is 22.3 Å². The Morgan fingerprint density at radius 1 is 1.16 bits per heavy atom. The standard InChI is InChI=1S/C24H27F4N7O2/c25-18-11-33(12-21(29)36)5-3-15(18)10-34-6-4-17-22(34)31-14-32-23(17)35-7-8-37-13-20(35)19-2-1-16(9-30-19)24(26,27)28/h1-2,4,6,9,14-15,18,20H,3,5,7-8,10-13H2,(H2,29,36)/t15-,18+,20+/m0/s1. The van der Waals surface area contributed by atoms with Crippen LogP contribution < -0.4 is 10.6 Å². The Balaban J connectivity index is 1.37. The molecule has 2 aliphatic rings. The van der Waals surface area contributed by atoms with E-state index in [0.717, 1.165) is 17.6 Å². The second-order valence-electron chi connectivity index (χ2n) is 9.42. The molecule has 5 heterocycles. The number of hydrogen-bond donors (Lipinski definition) is 1. The number of morpholine rings is 1. The number of carbonyl (C=O) groups excluding carboxylic acids is 1. The number of rotatable bonds is 6. The number of hydrogen-bond acceptors (Lipinski definition) is 7. The number of fused-ring (bicyclic) bond motifs is 1. The molecule has 2 N–H and O–H groups in total. The van der Waals surface area contributed by atoms with Crippen LogP contribution in [0.2, 0.25) is 0 Å². The van der Waals surface area contributed by atoms with Gasteiger partial charge < -0.3 is 19.9 Å². The molecule has 2 saturated heterocycles.